The molecule has 2 aromatic rings. The minimum atomic E-state index is -0.322. The summed E-state index contributed by atoms with van der Waals surface area (Å²) < 4.78 is 0. The molecule has 0 bridgehead atoms. The van der Waals surface area contributed by atoms with Crippen molar-refractivity contribution in [3.8, 4) is 0 Å². The summed E-state index contributed by atoms with van der Waals surface area (Å²) in [5.74, 6) is -0.0955. The van der Waals surface area contributed by atoms with Gasteiger partial charge in [0, 0.05) is 16.1 Å². The SMILES string of the molecule is CC[C@H](Nc1cccc(Cl)c1)C(=O)Nc1nc(C)cs1. The maximum absolute atomic E-state index is 12.2. The van der Waals surface area contributed by atoms with E-state index in [-0.39, 0.29) is 11.9 Å². The molecular weight excluding hydrogens is 294 g/mol. The maximum atomic E-state index is 12.2. The van der Waals surface area contributed by atoms with Crippen LogP contribution in [-0.4, -0.2) is 16.9 Å². The van der Waals surface area contributed by atoms with Gasteiger partial charge >= 0.3 is 0 Å². The van der Waals surface area contributed by atoms with Crippen molar-refractivity contribution in [1.82, 2.24) is 4.98 Å². The molecule has 0 unspecified atom stereocenters. The average molecular weight is 310 g/mol. The standard InChI is InChI=1S/C14H16ClN3OS/c1-3-12(17-11-6-4-5-10(15)7-11)13(19)18-14-16-9(2)8-20-14/h4-8,12,17H,3H2,1-2H3,(H,16,18,19)/t12-/m0/s1. The van der Waals surface area contributed by atoms with E-state index in [9.17, 15) is 4.79 Å². The van der Waals surface area contributed by atoms with Crippen LogP contribution in [0.25, 0.3) is 0 Å². The van der Waals surface area contributed by atoms with Crippen LogP contribution in [0.4, 0.5) is 10.8 Å². The van der Waals surface area contributed by atoms with Crippen LogP contribution >= 0.6 is 22.9 Å². The first-order chi connectivity index (χ1) is 9.58. The van der Waals surface area contributed by atoms with Gasteiger partial charge in [-0.1, -0.05) is 24.6 Å². The highest BCUT2D eigenvalue weighted by molar-refractivity contribution is 7.13. The Morgan fingerprint density at radius 3 is 2.90 bits per heavy atom. The van der Waals surface area contributed by atoms with E-state index in [0.717, 1.165) is 11.4 Å². The Morgan fingerprint density at radius 2 is 2.30 bits per heavy atom. The van der Waals surface area contributed by atoms with Crippen molar-refractivity contribution >= 4 is 39.7 Å². The summed E-state index contributed by atoms with van der Waals surface area (Å²) in [6.45, 7) is 3.85. The molecule has 1 amide bonds. The van der Waals surface area contributed by atoms with Gasteiger partial charge in [0.15, 0.2) is 5.13 Å². The third-order valence-electron chi connectivity index (χ3n) is 2.74. The topological polar surface area (TPSA) is 54.0 Å². The molecule has 0 saturated heterocycles. The van der Waals surface area contributed by atoms with Gasteiger partial charge in [0.05, 0.1) is 5.69 Å². The lowest BCUT2D eigenvalue weighted by Crippen LogP contribution is -2.34. The molecule has 4 nitrogen and oxygen atoms in total. The molecule has 0 saturated carbocycles. The van der Waals surface area contributed by atoms with Crippen LogP contribution in [0.5, 0.6) is 0 Å². The van der Waals surface area contributed by atoms with Gasteiger partial charge < -0.3 is 10.6 Å². The minimum absolute atomic E-state index is 0.0955. The predicted octanol–water partition coefficient (Wildman–Crippen LogP) is 3.93. The van der Waals surface area contributed by atoms with Gasteiger partial charge in [-0.2, -0.15) is 0 Å². The Hall–Kier alpha value is -1.59. The van der Waals surface area contributed by atoms with Crippen LogP contribution in [0.3, 0.4) is 0 Å². The first-order valence-electron chi connectivity index (χ1n) is 6.33. The number of benzene rings is 1. The molecule has 0 aliphatic heterocycles. The largest absolute Gasteiger partial charge is 0.374 e. The molecule has 1 heterocycles. The van der Waals surface area contributed by atoms with Crippen molar-refractivity contribution in [3.05, 3.63) is 40.4 Å². The Kier molecular flexibility index (Phi) is 4.98. The average Bonchev–Trinajstić information content (AvgIpc) is 2.81. The summed E-state index contributed by atoms with van der Waals surface area (Å²) in [6, 6.07) is 7.00. The number of rotatable bonds is 5. The zero-order valence-electron chi connectivity index (χ0n) is 11.3. The lowest BCUT2D eigenvalue weighted by molar-refractivity contribution is -0.116. The van der Waals surface area contributed by atoms with Crippen molar-refractivity contribution in [2.24, 2.45) is 0 Å². The first-order valence-corrected chi connectivity index (χ1v) is 7.59. The molecule has 0 aliphatic rings. The van der Waals surface area contributed by atoms with E-state index >= 15 is 0 Å². The van der Waals surface area contributed by atoms with Crippen molar-refractivity contribution in [2.45, 2.75) is 26.3 Å². The number of anilines is 2. The third kappa shape index (κ3) is 3.95. The number of carbonyl (C=O) groups excluding carboxylic acids is 1. The number of amides is 1. The highest BCUT2D eigenvalue weighted by atomic mass is 35.5. The monoisotopic (exact) mass is 309 g/mol. The van der Waals surface area contributed by atoms with Crippen LogP contribution in [0.1, 0.15) is 19.0 Å². The van der Waals surface area contributed by atoms with E-state index in [4.69, 9.17) is 11.6 Å². The van der Waals surface area contributed by atoms with E-state index in [1.807, 2.05) is 31.4 Å². The lowest BCUT2D eigenvalue weighted by atomic mass is 10.2. The van der Waals surface area contributed by atoms with Crippen LogP contribution in [0, 0.1) is 6.92 Å². The molecule has 1 aromatic heterocycles. The van der Waals surface area contributed by atoms with E-state index < -0.39 is 0 Å². The minimum Gasteiger partial charge on any atom is -0.374 e. The van der Waals surface area contributed by atoms with Crippen LogP contribution < -0.4 is 10.6 Å². The van der Waals surface area contributed by atoms with Crippen LogP contribution in [-0.2, 0) is 4.79 Å². The number of halogens is 1. The maximum Gasteiger partial charge on any atom is 0.248 e. The van der Waals surface area contributed by atoms with Gasteiger partial charge in [0.2, 0.25) is 5.91 Å². The fraction of sp³-hybridized carbons (Fsp3) is 0.286. The van der Waals surface area contributed by atoms with Gasteiger partial charge in [-0.15, -0.1) is 11.3 Å². The second-order valence-electron chi connectivity index (χ2n) is 4.40. The van der Waals surface area contributed by atoms with E-state index in [2.05, 4.69) is 15.6 Å². The number of nitrogens with zero attached hydrogens (tertiary/aromatic N) is 1. The highest BCUT2D eigenvalue weighted by Gasteiger charge is 2.17. The van der Waals surface area contributed by atoms with E-state index in [1.54, 1.807) is 12.1 Å². The normalized spacial score (nSPS) is 11.9. The Morgan fingerprint density at radius 1 is 1.50 bits per heavy atom. The first kappa shape index (κ1) is 14.8. The van der Waals surface area contributed by atoms with Crippen LogP contribution in [0.2, 0.25) is 5.02 Å². The fourth-order valence-electron chi connectivity index (χ4n) is 1.74. The quantitative estimate of drug-likeness (QED) is 0.879. The number of hydrogen-bond donors (Lipinski definition) is 2. The molecule has 0 aliphatic carbocycles. The van der Waals surface area contributed by atoms with E-state index in [0.29, 0.717) is 16.6 Å². The molecule has 2 N–H and O–H groups in total. The predicted molar refractivity (Wildman–Crippen MR) is 84.6 cm³/mol. The smallest absolute Gasteiger partial charge is 0.248 e. The van der Waals surface area contributed by atoms with Gasteiger partial charge in [-0.25, -0.2) is 4.98 Å². The number of carbonyl (C=O) groups is 1. The molecule has 20 heavy (non-hydrogen) atoms. The summed E-state index contributed by atoms with van der Waals surface area (Å²) in [5.41, 5.74) is 1.73. The van der Waals surface area contributed by atoms with Crippen molar-refractivity contribution in [2.75, 3.05) is 10.6 Å². The highest BCUT2D eigenvalue weighted by Crippen LogP contribution is 2.18. The number of aryl methyl sites for hydroxylation is 1. The second-order valence-corrected chi connectivity index (χ2v) is 5.69. The molecule has 0 radical (unpaired) electrons. The molecule has 2 rings (SSSR count). The van der Waals surface area contributed by atoms with Gasteiger partial charge in [0.25, 0.3) is 0 Å². The van der Waals surface area contributed by atoms with E-state index in [1.165, 1.54) is 11.3 Å². The molecule has 0 spiro atoms. The number of hydrogen-bond acceptors (Lipinski definition) is 4. The third-order valence-corrected chi connectivity index (χ3v) is 3.85. The Bertz CT molecular complexity index is 600. The molecule has 0 fully saturated rings. The zero-order chi connectivity index (χ0) is 14.5. The number of aromatic nitrogens is 1. The van der Waals surface area contributed by atoms with Gasteiger partial charge in [-0.05, 0) is 31.5 Å². The van der Waals surface area contributed by atoms with Gasteiger partial charge in [0.1, 0.15) is 6.04 Å². The summed E-state index contributed by atoms with van der Waals surface area (Å²) in [6.07, 6.45) is 0.669. The lowest BCUT2D eigenvalue weighted by Gasteiger charge is -2.17. The summed E-state index contributed by atoms with van der Waals surface area (Å²) in [4.78, 5) is 16.4. The second kappa shape index (κ2) is 6.72. The summed E-state index contributed by atoms with van der Waals surface area (Å²) in [7, 11) is 0. The van der Waals surface area contributed by atoms with Crippen LogP contribution in [0.15, 0.2) is 29.6 Å². The van der Waals surface area contributed by atoms with Gasteiger partial charge in [-0.3, -0.25) is 4.79 Å². The number of nitrogens with one attached hydrogen (secondary N) is 2. The summed E-state index contributed by atoms with van der Waals surface area (Å²) >= 11 is 7.36. The van der Waals surface area contributed by atoms with Crippen molar-refractivity contribution < 1.29 is 4.79 Å². The Labute approximate surface area is 127 Å². The molecule has 1 atom stereocenters. The zero-order valence-corrected chi connectivity index (χ0v) is 12.9. The number of thiazole rings is 1. The summed E-state index contributed by atoms with van der Waals surface area (Å²) in [5, 5.41) is 9.17. The van der Waals surface area contributed by atoms with Crippen molar-refractivity contribution in [3.63, 3.8) is 0 Å². The molecule has 1 aromatic carbocycles. The van der Waals surface area contributed by atoms with Crippen molar-refractivity contribution in [1.29, 1.82) is 0 Å². The molecule has 6 heteroatoms. The Balaban J connectivity index is 2.02. The molecule has 106 valence electrons. The fourth-order valence-corrected chi connectivity index (χ4v) is 2.62. The molecular formula is C14H16ClN3OS.